The lowest BCUT2D eigenvalue weighted by atomic mass is 10.5. The number of ether oxygens (including phenoxy) is 1. The van der Waals surface area contributed by atoms with Crippen LogP contribution in [0.15, 0.2) is 15.9 Å². The predicted octanol–water partition coefficient (Wildman–Crippen LogP) is 1.97. The Balaban J connectivity index is 2.36. The summed E-state index contributed by atoms with van der Waals surface area (Å²) in [5.41, 5.74) is 0. The van der Waals surface area contributed by atoms with Gasteiger partial charge >= 0.3 is 0 Å². The van der Waals surface area contributed by atoms with E-state index in [0.717, 1.165) is 8.66 Å². The van der Waals surface area contributed by atoms with Crippen LogP contribution in [0.4, 0.5) is 0 Å². The van der Waals surface area contributed by atoms with E-state index in [1.54, 1.807) is 7.11 Å². The SMILES string of the molecule is COCCCS(=O)(=O)NCc1ccc(Br)s1. The first kappa shape index (κ1) is 14.1. The van der Waals surface area contributed by atoms with E-state index in [-0.39, 0.29) is 5.75 Å². The Morgan fingerprint density at radius 3 is 2.81 bits per heavy atom. The lowest BCUT2D eigenvalue weighted by Gasteiger charge is -2.04. The second kappa shape index (κ2) is 6.70. The van der Waals surface area contributed by atoms with Crippen LogP contribution in [0, 0.1) is 0 Å². The summed E-state index contributed by atoms with van der Waals surface area (Å²) in [6.45, 7) is 0.817. The van der Waals surface area contributed by atoms with Crippen molar-refractivity contribution in [3.8, 4) is 0 Å². The number of sulfonamides is 1. The van der Waals surface area contributed by atoms with Crippen molar-refractivity contribution in [1.29, 1.82) is 0 Å². The fourth-order valence-corrected chi connectivity index (χ4v) is 3.63. The number of nitrogens with one attached hydrogen (secondary N) is 1. The van der Waals surface area contributed by atoms with Crippen molar-refractivity contribution < 1.29 is 13.2 Å². The van der Waals surface area contributed by atoms with Crippen molar-refractivity contribution in [2.24, 2.45) is 0 Å². The van der Waals surface area contributed by atoms with E-state index in [9.17, 15) is 8.42 Å². The molecule has 0 saturated heterocycles. The molecule has 0 radical (unpaired) electrons. The summed E-state index contributed by atoms with van der Waals surface area (Å²) in [5, 5.41) is 0. The van der Waals surface area contributed by atoms with Gasteiger partial charge in [-0.05, 0) is 34.5 Å². The zero-order valence-electron chi connectivity index (χ0n) is 8.90. The molecule has 92 valence electrons. The summed E-state index contributed by atoms with van der Waals surface area (Å²) in [4.78, 5) is 0.988. The standard InChI is InChI=1S/C9H14BrNO3S2/c1-14-5-2-6-16(12,13)11-7-8-3-4-9(10)15-8/h3-4,11H,2,5-7H2,1H3. The number of halogens is 1. The Hall–Kier alpha value is 0.0500. The number of hydrogen-bond acceptors (Lipinski definition) is 4. The van der Waals surface area contributed by atoms with Crippen molar-refractivity contribution >= 4 is 37.3 Å². The summed E-state index contributed by atoms with van der Waals surface area (Å²) in [6.07, 6.45) is 0.514. The molecule has 0 aliphatic carbocycles. The molecule has 0 aromatic carbocycles. The van der Waals surface area contributed by atoms with Crippen molar-refractivity contribution in [2.75, 3.05) is 19.5 Å². The molecule has 1 N–H and O–H groups in total. The lowest BCUT2D eigenvalue weighted by molar-refractivity contribution is 0.199. The van der Waals surface area contributed by atoms with Gasteiger partial charge in [-0.3, -0.25) is 0 Å². The Kier molecular flexibility index (Phi) is 5.91. The highest BCUT2D eigenvalue weighted by Gasteiger charge is 2.09. The van der Waals surface area contributed by atoms with E-state index in [1.165, 1.54) is 11.3 Å². The molecule has 1 aromatic rings. The van der Waals surface area contributed by atoms with E-state index in [1.807, 2.05) is 12.1 Å². The van der Waals surface area contributed by atoms with Crippen LogP contribution >= 0.6 is 27.3 Å². The van der Waals surface area contributed by atoms with Crippen molar-refractivity contribution in [3.05, 3.63) is 20.8 Å². The first-order valence-corrected chi connectivity index (χ1v) is 8.00. The zero-order chi connectivity index (χ0) is 12.0. The van der Waals surface area contributed by atoms with Gasteiger partial charge in [0.1, 0.15) is 0 Å². The van der Waals surface area contributed by atoms with Crippen LogP contribution in [0.25, 0.3) is 0 Å². The largest absolute Gasteiger partial charge is 0.385 e. The summed E-state index contributed by atoms with van der Waals surface area (Å²) >= 11 is 4.85. The smallest absolute Gasteiger partial charge is 0.212 e. The third-order valence-corrected chi connectivity index (χ3v) is 4.89. The fourth-order valence-electron chi connectivity index (χ4n) is 1.09. The van der Waals surface area contributed by atoms with E-state index >= 15 is 0 Å². The molecule has 1 aromatic heterocycles. The molecule has 0 amide bonds. The summed E-state index contributed by atoms with van der Waals surface area (Å²) in [7, 11) is -1.62. The second-order valence-corrected chi connectivity index (χ2v) is 7.67. The predicted molar refractivity (Wildman–Crippen MR) is 69.1 cm³/mol. The molecule has 4 nitrogen and oxygen atoms in total. The van der Waals surface area contributed by atoms with E-state index in [2.05, 4.69) is 20.7 Å². The van der Waals surface area contributed by atoms with E-state index in [0.29, 0.717) is 19.6 Å². The number of hydrogen-bond donors (Lipinski definition) is 1. The minimum atomic E-state index is -3.18. The Bertz CT molecular complexity index is 416. The fraction of sp³-hybridized carbons (Fsp3) is 0.556. The van der Waals surface area contributed by atoms with Gasteiger partial charge in [-0.25, -0.2) is 13.1 Å². The van der Waals surface area contributed by atoms with Gasteiger partial charge in [0.25, 0.3) is 0 Å². The van der Waals surface area contributed by atoms with Gasteiger partial charge in [0.2, 0.25) is 10.0 Å². The minimum absolute atomic E-state index is 0.105. The number of methoxy groups -OCH3 is 1. The quantitative estimate of drug-likeness (QED) is 0.779. The molecule has 1 heterocycles. The maximum absolute atomic E-state index is 11.5. The molecule has 7 heteroatoms. The molecule has 0 unspecified atom stereocenters. The average Bonchev–Trinajstić information content (AvgIpc) is 2.62. The molecule has 1 rings (SSSR count). The molecule has 16 heavy (non-hydrogen) atoms. The van der Waals surface area contributed by atoms with Gasteiger partial charge in [0.15, 0.2) is 0 Å². The van der Waals surface area contributed by atoms with Gasteiger partial charge in [-0.15, -0.1) is 11.3 Å². The highest BCUT2D eigenvalue weighted by molar-refractivity contribution is 9.11. The van der Waals surface area contributed by atoms with E-state index in [4.69, 9.17) is 4.74 Å². The molecule has 0 aliphatic heterocycles. The second-order valence-electron chi connectivity index (χ2n) is 3.19. The van der Waals surface area contributed by atoms with Crippen LogP contribution in [0.1, 0.15) is 11.3 Å². The van der Waals surface area contributed by atoms with Crippen LogP contribution in [0.2, 0.25) is 0 Å². The Morgan fingerprint density at radius 1 is 1.50 bits per heavy atom. The van der Waals surface area contributed by atoms with Crippen LogP contribution in [-0.2, 0) is 21.3 Å². The van der Waals surface area contributed by atoms with Crippen molar-refractivity contribution in [3.63, 3.8) is 0 Å². The van der Waals surface area contributed by atoms with Crippen LogP contribution in [-0.4, -0.2) is 27.9 Å². The monoisotopic (exact) mass is 327 g/mol. The van der Waals surface area contributed by atoms with Crippen LogP contribution in [0.3, 0.4) is 0 Å². The highest BCUT2D eigenvalue weighted by atomic mass is 79.9. The molecule has 0 atom stereocenters. The van der Waals surface area contributed by atoms with Crippen LogP contribution < -0.4 is 4.72 Å². The summed E-state index contributed by atoms with van der Waals surface area (Å²) in [6, 6.07) is 3.80. The van der Waals surface area contributed by atoms with Gasteiger partial charge in [-0.2, -0.15) is 0 Å². The highest BCUT2D eigenvalue weighted by Crippen LogP contribution is 2.21. The number of thiophene rings is 1. The molecular formula is C9H14BrNO3S2. The first-order chi connectivity index (χ1) is 7.53. The summed E-state index contributed by atoms with van der Waals surface area (Å²) in [5.74, 6) is 0.105. The molecular weight excluding hydrogens is 314 g/mol. The van der Waals surface area contributed by atoms with Gasteiger partial charge in [-0.1, -0.05) is 0 Å². The Labute approximate surface area is 108 Å². The first-order valence-electron chi connectivity index (χ1n) is 4.74. The van der Waals surface area contributed by atoms with Crippen molar-refractivity contribution in [1.82, 2.24) is 4.72 Å². The maximum Gasteiger partial charge on any atom is 0.212 e. The molecule has 0 fully saturated rings. The van der Waals surface area contributed by atoms with Crippen LogP contribution in [0.5, 0.6) is 0 Å². The third-order valence-electron chi connectivity index (χ3n) is 1.86. The average molecular weight is 328 g/mol. The molecule has 0 aliphatic rings. The minimum Gasteiger partial charge on any atom is -0.385 e. The van der Waals surface area contributed by atoms with Gasteiger partial charge in [0, 0.05) is 25.1 Å². The maximum atomic E-state index is 11.5. The Morgan fingerprint density at radius 2 is 2.25 bits per heavy atom. The molecule has 0 spiro atoms. The number of rotatable bonds is 7. The van der Waals surface area contributed by atoms with Crippen molar-refractivity contribution in [2.45, 2.75) is 13.0 Å². The summed E-state index contributed by atoms with van der Waals surface area (Å²) < 4.78 is 31.4. The third kappa shape index (κ3) is 5.40. The van der Waals surface area contributed by atoms with Gasteiger partial charge in [0.05, 0.1) is 9.54 Å². The zero-order valence-corrected chi connectivity index (χ0v) is 12.1. The van der Waals surface area contributed by atoms with E-state index < -0.39 is 10.0 Å². The normalized spacial score (nSPS) is 11.9. The molecule has 0 bridgehead atoms. The lowest BCUT2D eigenvalue weighted by Crippen LogP contribution is -2.26. The molecule has 0 saturated carbocycles. The van der Waals surface area contributed by atoms with Gasteiger partial charge < -0.3 is 4.74 Å². The topological polar surface area (TPSA) is 55.4 Å².